The lowest BCUT2D eigenvalue weighted by atomic mass is 10.1. The molecule has 1 aromatic carbocycles. The van der Waals surface area contributed by atoms with Crippen molar-refractivity contribution in [2.24, 2.45) is 5.84 Å². The summed E-state index contributed by atoms with van der Waals surface area (Å²) in [4.78, 5) is 17.8. The first-order valence-corrected chi connectivity index (χ1v) is 7.25. The van der Waals surface area contributed by atoms with Gasteiger partial charge in [-0.1, -0.05) is 30.3 Å². The van der Waals surface area contributed by atoms with Crippen LogP contribution in [0.15, 0.2) is 35.7 Å². The molecule has 0 saturated heterocycles. The molecule has 5 nitrogen and oxygen atoms in total. The molecule has 0 aliphatic heterocycles. The summed E-state index contributed by atoms with van der Waals surface area (Å²) in [6.07, 6.45) is 0.998. The molecule has 0 spiro atoms. The number of amides is 1. The number of likely N-dealkylation sites (N-methyl/N-ethyl adjacent to an activating group) is 1. The van der Waals surface area contributed by atoms with E-state index in [1.807, 2.05) is 30.6 Å². The van der Waals surface area contributed by atoms with Crippen molar-refractivity contribution in [1.29, 1.82) is 0 Å². The predicted octanol–water partition coefficient (Wildman–Crippen LogP) is 1.42. The van der Waals surface area contributed by atoms with Crippen LogP contribution in [-0.2, 0) is 13.0 Å². The number of aromatic nitrogens is 1. The highest BCUT2D eigenvalue weighted by Crippen LogP contribution is 2.11. The van der Waals surface area contributed by atoms with Gasteiger partial charge in [0.2, 0.25) is 0 Å². The molecule has 1 aromatic heterocycles. The monoisotopic (exact) mass is 290 g/mol. The highest BCUT2D eigenvalue weighted by atomic mass is 32.1. The Balaban J connectivity index is 1.83. The molecule has 0 saturated carbocycles. The average molecular weight is 290 g/mol. The standard InChI is InChI=1S/C14H18N4OS/c1-18(8-7-11-5-3-2-4-6-11)9-12-10-20-14(16-12)13(19)17-15/h2-6,10H,7-9,15H2,1H3,(H,17,19). The number of rotatable bonds is 6. The lowest BCUT2D eigenvalue weighted by Gasteiger charge is -2.15. The molecule has 2 aromatic rings. The summed E-state index contributed by atoms with van der Waals surface area (Å²) in [5, 5.41) is 2.29. The second kappa shape index (κ2) is 7.14. The summed E-state index contributed by atoms with van der Waals surface area (Å²) >= 11 is 1.31. The van der Waals surface area contributed by atoms with Crippen LogP contribution in [0.5, 0.6) is 0 Å². The van der Waals surface area contributed by atoms with Crippen LogP contribution in [0.4, 0.5) is 0 Å². The zero-order chi connectivity index (χ0) is 14.4. The Morgan fingerprint density at radius 3 is 2.85 bits per heavy atom. The summed E-state index contributed by atoms with van der Waals surface area (Å²) < 4.78 is 0. The number of nitrogens with zero attached hydrogens (tertiary/aromatic N) is 2. The van der Waals surface area contributed by atoms with E-state index in [1.54, 1.807) is 0 Å². The average Bonchev–Trinajstić information content (AvgIpc) is 2.94. The number of nitrogens with one attached hydrogen (secondary N) is 1. The topological polar surface area (TPSA) is 71.2 Å². The normalized spacial score (nSPS) is 10.8. The third-order valence-corrected chi connectivity index (χ3v) is 3.82. The van der Waals surface area contributed by atoms with E-state index in [0.29, 0.717) is 5.01 Å². The van der Waals surface area contributed by atoms with E-state index in [2.05, 4.69) is 27.4 Å². The summed E-state index contributed by atoms with van der Waals surface area (Å²) in [5.41, 5.74) is 4.30. The maximum absolute atomic E-state index is 11.3. The van der Waals surface area contributed by atoms with Gasteiger partial charge in [-0.25, -0.2) is 10.8 Å². The van der Waals surface area contributed by atoms with Crippen molar-refractivity contribution < 1.29 is 4.79 Å². The molecular weight excluding hydrogens is 272 g/mol. The Hall–Kier alpha value is -1.76. The Labute approximate surface area is 122 Å². The molecule has 1 amide bonds. The summed E-state index contributed by atoms with van der Waals surface area (Å²) in [5.74, 6) is 4.74. The first kappa shape index (κ1) is 14.6. The number of nitrogens with two attached hydrogens (primary N) is 1. The quantitative estimate of drug-likeness (QED) is 0.479. The Morgan fingerprint density at radius 2 is 2.15 bits per heavy atom. The van der Waals surface area contributed by atoms with Gasteiger partial charge in [-0.15, -0.1) is 11.3 Å². The fourth-order valence-corrected chi connectivity index (χ4v) is 2.58. The molecule has 0 bridgehead atoms. The SMILES string of the molecule is CN(CCc1ccccc1)Cc1csc(C(=O)NN)n1. The fraction of sp³-hybridized carbons (Fsp3) is 0.286. The van der Waals surface area contributed by atoms with Crippen molar-refractivity contribution in [3.8, 4) is 0 Å². The van der Waals surface area contributed by atoms with Crippen molar-refractivity contribution in [3.63, 3.8) is 0 Å². The van der Waals surface area contributed by atoms with Crippen LogP contribution in [0.1, 0.15) is 21.1 Å². The largest absolute Gasteiger partial charge is 0.300 e. The van der Waals surface area contributed by atoms with E-state index >= 15 is 0 Å². The second-order valence-electron chi connectivity index (χ2n) is 4.59. The van der Waals surface area contributed by atoms with Crippen molar-refractivity contribution in [2.75, 3.05) is 13.6 Å². The van der Waals surface area contributed by atoms with Crippen molar-refractivity contribution >= 4 is 17.2 Å². The number of hydrazine groups is 1. The maximum atomic E-state index is 11.3. The highest BCUT2D eigenvalue weighted by molar-refractivity contribution is 7.11. The molecular formula is C14H18N4OS. The van der Waals surface area contributed by atoms with E-state index in [1.165, 1.54) is 16.9 Å². The third-order valence-electron chi connectivity index (χ3n) is 2.93. The van der Waals surface area contributed by atoms with Gasteiger partial charge in [0.25, 0.3) is 5.91 Å². The molecule has 0 atom stereocenters. The van der Waals surface area contributed by atoms with Gasteiger partial charge in [-0.3, -0.25) is 10.2 Å². The van der Waals surface area contributed by atoms with Gasteiger partial charge in [-0.05, 0) is 19.0 Å². The molecule has 1 heterocycles. The minimum Gasteiger partial charge on any atom is -0.300 e. The fourth-order valence-electron chi connectivity index (χ4n) is 1.87. The molecule has 0 radical (unpaired) electrons. The number of hydrogen-bond donors (Lipinski definition) is 2. The summed E-state index contributed by atoms with van der Waals surface area (Å²) in [6, 6.07) is 10.4. The van der Waals surface area contributed by atoms with Gasteiger partial charge < -0.3 is 4.90 Å². The number of nitrogen functional groups attached to an aromatic ring is 1. The minimum atomic E-state index is -0.340. The molecule has 6 heteroatoms. The lowest BCUT2D eigenvalue weighted by molar-refractivity contribution is 0.0953. The lowest BCUT2D eigenvalue weighted by Crippen LogP contribution is -2.30. The molecule has 0 aliphatic carbocycles. The molecule has 0 aliphatic rings. The summed E-state index contributed by atoms with van der Waals surface area (Å²) in [6.45, 7) is 1.67. The first-order chi connectivity index (χ1) is 9.69. The Kier molecular flexibility index (Phi) is 5.23. The van der Waals surface area contributed by atoms with E-state index < -0.39 is 0 Å². The highest BCUT2D eigenvalue weighted by Gasteiger charge is 2.10. The van der Waals surface area contributed by atoms with Crippen LogP contribution >= 0.6 is 11.3 Å². The first-order valence-electron chi connectivity index (χ1n) is 6.37. The number of thiazole rings is 1. The molecule has 2 rings (SSSR count). The molecule has 0 fully saturated rings. The molecule has 20 heavy (non-hydrogen) atoms. The van der Waals surface area contributed by atoms with E-state index in [-0.39, 0.29) is 5.91 Å². The maximum Gasteiger partial charge on any atom is 0.294 e. The number of benzene rings is 1. The zero-order valence-electron chi connectivity index (χ0n) is 11.4. The predicted molar refractivity (Wildman–Crippen MR) is 80.2 cm³/mol. The van der Waals surface area contributed by atoms with E-state index in [4.69, 9.17) is 5.84 Å². The second-order valence-corrected chi connectivity index (χ2v) is 5.45. The van der Waals surface area contributed by atoms with Crippen molar-refractivity contribution in [1.82, 2.24) is 15.3 Å². The van der Waals surface area contributed by atoms with Crippen molar-refractivity contribution in [3.05, 3.63) is 52.0 Å². The Morgan fingerprint density at radius 1 is 1.40 bits per heavy atom. The Bertz CT molecular complexity index is 555. The van der Waals surface area contributed by atoms with Crippen LogP contribution in [0.25, 0.3) is 0 Å². The molecule has 106 valence electrons. The third kappa shape index (κ3) is 4.12. The smallest absolute Gasteiger partial charge is 0.294 e. The van der Waals surface area contributed by atoms with Gasteiger partial charge in [0, 0.05) is 18.5 Å². The van der Waals surface area contributed by atoms with Gasteiger partial charge in [0.05, 0.1) is 5.69 Å². The van der Waals surface area contributed by atoms with Gasteiger partial charge in [0.15, 0.2) is 5.01 Å². The molecule has 0 unspecified atom stereocenters. The van der Waals surface area contributed by atoms with Crippen LogP contribution in [0, 0.1) is 0 Å². The van der Waals surface area contributed by atoms with Crippen LogP contribution < -0.4 is 11.3 Å². The van der Waals surface area contributed by atoms with Gasteiger partial charge in [0.1, 0.15) is 0 Å². The van der Waals surface area contributed by atoms with Crippen molar-refractivity contribution in [2.45, 2.75) is 13.0 Å². The van der Waals surface area contributed by atoms with E-state index in [0.717, 1.165) is 25.2 Å². The van der Waals surface area contributed by atoms with Crippen LogP contribution in [-0.4, -0.2) is 29.4 Å². The minimum absolute atomic E-state index is 0.340. The van der Waals surface area contributed by atoms with E-state index in [9.17, 15) is 4.79 Å². The number of hydrogen-bond acceptors (Lipinski definition) is 5. The van der Waals surface area contributed by atoms with Crippen LogP contribution in [0.3, 0.4) is 0 Å². The number of carbonyl (C=O) groups excluding carboxylic acids is 1. The van der Waals surface area contributed by atoms with Crippen LogP contribution in [0.2, 0.25) is 0 Å². The summed E-state index contributed by atoms with van der Waals surface area (Å²) in [7, 11) is 2.05. The van der Waals surface area contributed by atoms with Gasteiger partial charge >= 0.3 is 0 Å². The molecule has 3 N–H and O–H groups in total. The zero-order valence-corrected chi connectivity index (χ0v) is 12.2. The number of carbonyl (C=O) groups is 1. The van der Waals surface area contributed by atoms with Gasteiger partial charge in [-0.2, -0.15) is 0 Å².